The van der Waals surface area contributed by atoms with Gasteiger partial charge in [-0.1, -0.05) is 37.6 Å². The number of aryl methyl sites for hydroxylation is 1. The first-order chi connectivity index (χ1) is 8.60. The molecule has 0 radical (unpaired) electrons. The lowest BCUT2D eigenvalue weighted by Crippen LogP contribution is -2.23. The Bertz CT molecular complexity index is 478. The van der Waals surface area contributed by atoms with Crippen LogP contribution in [0.4, 0.5) is 0 Å². The average molecular weight is 268 g/mol. The molecular weight excluding hydrogens is 248 g/mol. The number of hydrogen-bond acceptors (Lipinski definition) is 3. The molecule has 0 saturated carbocycles. The van der Waals surface area contributed by atoms with Crippen molar-refractivity contribution in [2.45, 2.75) is 24.7 Å². The van der Waals surface area contributed by atoms with Gasteiger partial charge in [0.25, 0.3) is 0 Å². The number of nitrogens with two attached hydrogens (primary N) is 1. The molecule has 0 aliphatic heterocycles. The van der Waals surface area contributed by atoms with E-state index < -0.39 is 10.0 Å². The maximum absolute atomic E-state index is 11.9. The van der Waals surface area contributed by atoms with Gasteiger partial charge in [0.15, 0.2) is 0 Å². The summed E-state index contributed by atoms with van der Waals surface area (Å²) in [6.07, 6.45) is 5.43. The molecule has 0 heterocycles. The van der Waals surface area contributed by atoms with Crippen LogP contribution in [0.5, 0.6) is 0 Å². The first-order valence-corrected chi connectivity index (χ1v) is 7.52. The highest BCUT2D eigenvalue weighted by molar-refractivity contribution is 7.89. The predicted octanol–water partition coefficient (Wildman–Crippen LogP) is 1.43. The van der Waals surface area contributed by atoms with Crippen molar-refractivity contribution in [1.82, 2.24) is 4.72 Å². The maximum atomic E-state index is 11.9. The molecule has 0 aliphatic carbocycles. The lowest BCUT2D eigenvalue weighted by Gasteiger charge is -2.05. The van der Waals surface area contributed by atoms with E-state index in [1.54, 1.807) is 24.3 Å². The average Bonchev–Trinajstić information content (AvgIpc) is 2.36. The zero-order chi connectivity index (χ0) is 13.4. The summed E-state index contributed by atoms with van der Waals surface area (Å²) in [5.74, 6) is 0. The largest absolute Gasteiger partial charge is 0.327 e. The number of benzene rings is 1. The molecule has 0 amide bonds. The van der Waals surface area contributed by atoms with Crippen LogP contribution in [0, 0.1) is 0 Å². The minimum atomic E-state index is -3.41. The quantitative estimate of drug-likeness (QED) is 0.735. The van der Waals surface area contributed by atoms with Gasteiger partial charge in [0.05, 0.1) is 4.90 Å². The van der Waals surface area contributed by atoms with Gasteiger partial charge in [0.1, 0.15) is 0 Å². The van der Waals surface area contributed by atoms with E-state index in [0.29, 0.717) is 11.4 Å². The molecule has 0 fully saturated rings. The van der Waals surface area contributed by atoms with Crippen LogP contribution < -0.4 is 10.5 Å². The molecule has 0 atom stereocenters. The van der Waals surface area contributed by atoms with Crippen LogP contribution in [-0.4, -0.2) is 21.5 Å². The Morgan fingerprint density at radius 3 is 2.44 bits per heavy atom. The van der Waals surface area contributed by atoms with E-state index in [-0.39, 0.29) is 6.54 Å². The van der Waals surface area contributed by atoms with Crippen molar-refractivity contribution in [1.29, 1.82) is 0 Å². The Morgan fingerprint density at radius 2 is 1.89 bits per heavy atom. The molecule has 1 rings (SSSR count). The molecule has 18 heavy (non-hydrogen) atoms. The fraction of sp³-hybridized carbons (Fsp3) is 0.385. The molecule has 1 aromatic rings. The van der Waals surface area contributed by atoms with Crippen LogP contribution in [-0.2, 0) is 16.4 Å². The zero-order valence-electron chi connectivity index (χ0n) is 10.6. The Balaban J connectivity index is 2.69. The first-order valence-electron chi connectivity index (χ1n) is 6.04. The minimum Gasteiger partial charge on any atom is -0.327 e. The Morgan fingerprint density at radius 1 is 1.22 bits per heavy atom. The molecule has 5 heteroatoms. The Hall–Kier alpha value is -1.17. The summed E-state index contributed by atoms with van der Waals surface area (Å²) in [5.41, 5.74) is 6.42. The fourth-order valence-electron chi connectivity index (χ4n) is 1.54. The lowest BCUT2D eigenvalue weighted by atomic mass is 10.1. The summed E-state index contributed by atoms with van der Waals surface area (Å²) >= 11 is 0. The summed E-state index contributed by atoms with van der Waals surface area (Å²) in [5, 5.41) is 0. The third kappa shape index (κ3) is 4.60. The van der Waals surface area contributed by atoms with E-state index in [1.807, 2.05) is 12.1 Å². The monoisotopic (exact) mass is 268 g/mol. The summed E-state index contributed by atoms with van der Waals surface area (Å²) in [7, 11) is -3.41. The third-order valence-corrected chi connectivity index (χ3v) is 3.91. The predicted molar refractivity (Wildman–Crippen MR) is 73.8 cm³/mol. The van der Waals surface area contributed by atoms with Gasteiger partial charge in [-0.2, -0.15) is 0 Å². The van der Waals surface area contributed by atoms with Crippen LogP contribution in [0.1, 0.15) is 18.9 Å². The topological polar surface area (TPSA) is 72.2 Å². The normalized spacial score (nSPS) is 12.1. The fourth-order valence-corrected chi connectivity index (χ4v) is 2.52. The molecule has 4 nitrogen and oxygen atoms in total. The molecule has 100 valence electrons. The lowest BCUT2D eigenvalue weighted by molar-refractivity contribution is 0.585. The first kappa shape index (κ1) is 14.9. The minimum absolute atomic E-state index is 0.260. The van der Waals surface area contributed by atoms with Crippen molar-refractivity contribution in [2.75, 3.05) is 13.1 Å². The molecule has 0 unspecified atom stereocenters. The molecule has 3 N–H and O–H groups in total. The highest BCUT2D eigenvalue weighted by Crippen LogP contribution is 2.11. The number of sulfonamides is 1. The summed E-state index contributed by atoms with van der Waals surface area (Å²) in [6.45, 7) is 2.76. The van der Waals surface area contributed by atoms with Crippen molar-refractivity contribution in [2.24, 2.45) is 5.73 Å². The molecule has 0 aliphatic rings. The summed E-state index contributed by atoms with van der Waals surface area (Å²) in [6, 6.07) is 6.99. The molecular formula is C13H20N2O2S. The van der Waals surface area contributed by atoms with E-state index in [9.17, 15) is 8.42 Å². The van der Waals surface area contributed by atoms with E-state index in [1.165, 1.54) is 0 Å². The van der Waals surface area contributed by atoms with E-state index in [0.717, 1.165) is 18.4 Å². The van der Waals surface area contributed by atoms with E-state index >= 15 is 0 Å². The van der Waals surface area contributed by atoms with Gasteiger partial charge in [0.2, 0.25) is 10.0 Å². The van der Waals surface area contributed by atoms with Crippen LogP contribution in [0.15, 0.2) is 41.3 Å². The van der Waals surface area contributed by atoms with Crippen LogP contribution >= 0.6 is 0 Å². The van der Waals surface area contributed by atoms with Crippen LogP contribution in [0.3, 0.4) is 0 Å². The standard InChI is InChI=1S/C13H20N2O2S/c1-2-5-12-6-8-13(9-7-12)18(16,17)15-11-4-3-10-14/h3-4,6-9,15H,2,5,10-11,14H2,1H3/b4-3+. The van der Waals surface area contributed by atoms with Gasteiger partial charge in [-0.25, -0.2) is 13.1 Å². The molecule has 0 spiro atoms. The van der Waals surface area contributed by atoms with Gasteiger partial charge in [-0.3, -0.25) is 0 Å². The zero-order valence-corrected chi connectivity index (χ0v) is 11.4. The second-order valence-electron chi connectivity index (χ2n) is 3.95. The van der Waals surface area contributed by atoms with Crippen LogP contribution in [0.2, 0.25) is 0 Å². The van der Waals surface area contributed by atoms with Crippen molar-refractivity contribution < 1.29 is 8.42 Å². The summed E-state index contributed by atoms with van der Waals surface area (Å²) < 4.78 is 26.3. The van der Waals surface area contributed by atoms with Gasteiger partial charge in [0, 0.05) is 13.1 Å². The van der Waals surface area contributed by atoms with Crippen molar-refractivity contribution >= 4 is 10.0 Å². The molecule has 0 aromatic heterocycles. The molecule has 0 bridgehead atoms. The second-order valence-corrected chi connectivity index (χ2v) is 5.72. The smallest absolute Gasteiger partial charge is 0.240 e. The van der Waals surface area contributed by atoms with Crippen LogP contribution in [0.25, 0.3) is 0 Å². The molecule has 1 aromatic carbocycles. The number of nitrogens with one attached hydrogen (secondary N) is 1. The van der Waals surface area contributed by atoms with Gasteiger partial charge < -0.3 is 5.73 Å². The van der Waals surface area contributed by atoms with E-state index in [4.69, 9.17) is 5.73 Å². The Kier molecular flexibility index (Phi) is 6.04. The summed E-state index contributed by atoms with van der Waals surface area (Å²) in [4.78, 5) is 0.295. The number of rotatable bonds is 7. The van der Waals surface area contributed by atoms with Crippen molar-refractivity contribution in [3.05, 3.63) is 42.0 Å². The van der Waals surface area contributed by atoms with Gasteiger partial charge in [-0.15, -0.1) is 0 Å². The highest BCUT2D eigenvalue weighted by atomic mass is 32.2. The maximum Gasteiger partial charge on any atom is 0.240 e. The highest BCUT2D eigenvalue weighted by Gasteiger charge is 2.11. The number of hydrogen-bond donors (Lipinski definition) is 2. The Labute approximate surface area is 109 Å². The second kappa shape index (κ2) is 7.31. The SMILES string of the molecule is CCCc1ccc(S(=O)(=O)NC/C=C/CN)cc1. The third-order valence-electron chi connectivity index (χ3n) is 2.47. The van der Waals surface area contributed by atoms with Gasteiger partial charge >= 0.3 is 0 Å². The molecule has 0 saturated heterocycles. The van der Waals surface area contributed by atoms with E-state index in [2.05, 4.69) is 11.6 Å². The van der Waals surface area contributed by atoms with Crippen molar-refractivity contribution in [3.63, 3.8) is 0 Å². The van der Waals surface area contributed by atoms with Crippen molar-refractivity contribution in [3.8, 4) is 0 Å². The van der Waals surface area contributed by atoms with Gasteiger partial charge in [-0.05, 0) is 24.1 Å².